The van der Waals surface area contributed by atoms with Crippen LogP contribution in [-0.2, 0) is 6.54 Å². The van der Waals surface area contributed by atoms with Crippen molar-refractivity contribution in [2.24, 2.45) is 0 Å². The Hall–Kier alpha value is -0.570. The number of hydrogen-bond acceptors (Lipinski definition) is 2. The fourth-order valence-electron chi connectivity index (χ4n) is 1.24. The second-order valence-corrected chi connectivity index (χ2v) is 4.42. The van der Waals surface area contributed by atoms with E-state index in [1.807, 2.05) is 31.2 Å². The maximum Gasteiger partial charge on any atom is 0.0610 e. The predicted molar refractivity (Wildman–Crippen MR) is 64.1 cm³/mol. The maximum atomic E-state index is 9.24. The molecule has 0 radical (unpaired) electrons. The van der Waals surface area contributed by atoms with Crippen LogP contribution in [0.25, 0.3) is 0 Å². The molecule has 84 valence electrons. The minimum atomic E-state index is -0.223. The van der Waals surface area contributed by atoms with E-state index in [1.165, 1.54) is 0 Å². The molecule has 2 N–H and O–H groups in total. The largest absolute Gasteiger partial charge is 0.394 e. The van der Waals surface area contributed by atoms with Crippen LogP contribution < -0.4 is 5.32 Å². The summed E-state index contributed by atoms with van der Waals surface area (Å²) < 4.78 is 0. The molecule has 0 aliphatic heterocycles. The molecule has 0 saturated heterocycles. The molecule has 2 nitrogen and oxygen atoms in total. The molecule has 0 saturated carbocycles. The quantitative estimate of drug-likeness (QED) is 0.811. The molecule has 0 aliphatic carbocycles. The molecular weight excluding hydrogens is 210 g/mol. The van der Waals surface area contributed by atoms with E-state index in [2.05, 4.69) is 12.2 Å². The zero-order valence-corrected chi connectivity index (χ0v) is 10.0. The Kier molecular flexibility index (Phi) is 4.58. The Balaban J connectivity index is 2.61. The summed E-state index contributed by atoms with van der Waals surface area (Å²) in [5, 5.41) is 13.3. The van der Waals surface area contributed by atoms with Crippen LogP contribution in [0.1, 0.15) is 25.8 Å². The second kappa shape index (κ2) is 5.50. The highest BCUT2D eigenvalue weighted by Gasteiger charge is 2.19. The summed E-state index contributed by atoms with van der Waals surface area (Å²) in [6.07, 6.45) is 0.883. The molecule has 0 bridgehead atoms. The monoisotopic (exact) mass is 227 g/mol. The maximum absolute atomic E-state index is 9.24. The number of nitrogens with one attached hydrogen (secondary N) is 1. The summed E-state index contributed by atoms with van der Waals surface area (Å²) >= 11 is 6.04. The molecule has 0 aromatic heterocycles. The van der Waals surface area contributed by atoms with Gasteiger partial charge < -0.3 is 10.4 Å². The molecule has 15 heavy (non-hydrogen) atoms. The van der Waals surface area contributed by atoms with Crippen molar-refractivity contribution in [2.75, 3.05) is 6.61 Å². The van der Waals surface area contributed by atoms with Crippen molar-refractivity contribution in [3.63, 3.8) is 0 Å². The SMILES string of the molecule is CCC(C)(CO)NCc1ccccc1Cl. The van der Waals surface area contributed by atoms with Gasteiger partial charge in [-0.25, -0.2) is 0 Å². The summed E-state index contributed by atoms with van der Waals surface area (Å²) in [5.41, 5.74) is 0.839. The lowest BCUT2D eigenvalue weighted by atomic mass is 10.00. The molecule has 1 rings (SSSR count). The Bertz CT molecular complexity index is 310. The predicted octanol–water partition coefficient (Wildman–Crippen LogP) is 2.59. The molecule has 0 fully saturated rings. The third-order valence-corrected chi connectivity index (χ3v) is 3.16. The molecule has 1 atom stereocenters. The average Bonchev–Trinajstić information content (AvgIpc) is 2.28. The molecule has 1 aromatic rings. The molecule has 0 heterocycles. The van der Waals surface area contributed by atoms with E-state index in [9.17, 15) is 5.11 Å². The highest BCUT2D eigenvalue weighted by atomic mass is 35.5. The van der Waals surface area contributed by atoms with Gasteiger partial charge in [0.25, 0.3) is 0 Å². The zero-order valence-electron chi connectivity index (χ0n) is 9.26. The van der Waals surface area contributed by atoms with E-state index in [1.54, 1.807) is 0 Å². The fraction of sp³-hybridized carbons (Fsp3) is 0.500. The smallest absolute Gasteiger partial charge is 0.0610 e. The highest BCUT2D eigenvalue weighted by Crippen LogP contribution is 2.16. The normalized spacial score (nSPS) is 14.9. The summed E-state index contributed by atoms with van der Waals surface area (Å²) in [6, 6.07) is 7.74. The third kappa shape index (κ3) is 3.49. The van der Waals surface area contributed by atoms with Gasteiger partial charge in [0.2, 0.25) is 0 Å². The number of benzene rings is 1. The van der Waals surface area contributed by atoms with Crippen molar-refractivity contribution >= 4 is 11.6 Å². The van der Waals surface area contributed by atoms with E-state index in [-0.39, 0.29) is 12.1 Å². The van der Waals surface area contributed by atoms with Crippen LogP contribution >= 0.6 is 11.6 Å². The zero-order chi connectivity index (χ0) is 11.3. The van der Waals surface area contributed by atoms with Gasteiger partial charge in [-0.2, -0.15) is 0 Å². The van der Waals surface area contributed by atoms with E-state index in [4.69, 9.17) is 11.6 Å². The molecule has 3 heteroatoms. The molecule has 1 aromatic carbocycles. The van der Waals surface area contributed by atoms with Crippen molar-refractivity contribution < 1.29 is 5.11 Å². The summed E-state index contributed by atoms with van der Waals surface area (Å²) in [6.45, 7) is 4.87. The minimum Gasteiger partial charge on any atom is -0.394 e. The fourth-order valence-corrected chi connectivity index (χ4v) is 1.45. The van der Waals surface area contributed by atoms with Crippen LogP contribution in [0.2, 0.25) is 5.02 Å². The summed E-state index contributed by atoms with van der Waals surface area (Å²) in [5.74, 6) is 0. The van der Waals surface area contributed by atoms with E-state index >= 15 is 0 Å². The number of aliphatic hydroxyl groups is 1. The molecule has 0 aliphatic rings. The highest BCUT2D eigenvalue weighted by molar-refractivity contribution is 6.31. The lowest BCUT2D eigenvalue weighted by Crippen LogP contribution is -2.44. The summed E-state index contributed by atoms with van der Waals surface area (Å²) in [7, 11) is 0. The first-order valence-corrected chi connectivity index (χ1v) is 5.58. The topological polar surface area (TPSA) is 32.3 Å². The number of rotatable bonds is 5. The summed E-state index contributed by atoms with van der Waals surface area (Å²) in [4.78, 5) is 0. The number of hydrogen-bond donors (Lipinski definition) is 2. The molecular formula is C12H18ClNO. The van der Waals surface area contributed by atoms with Crippen LogP contribution in [-0.4, -0.2) is 17.3 Å². The van der Waals surface area contributed by atoms with Crippen LogP contribution in [0, 0.1) is 0 Å². The lowest BCUT2D eigenvalue weighted by molar-refractivity contribution is 0.169. The van der Waals surface area contributed by atoms with Crippen molar-refractivity contribution in [3.05, 3.63) is 34.9 Å². The van der Waals surface area contributed by atoms with Crippen molar-refractivity contribution in [3.8, 4) is 0 Å². The van der Waals surface area contributed by atoms with Crippen LogP contribution in [0.4, 0.5) is 0 Å². The van der Waals surface area contributed by atoms with Gasteiger partial charge in [0, 0.05) is 17.1 Å². The van der Waals surface area contributed by atoms with Gasteiger partial charge in [-0.05, 0) is 25.0 Å². The van der Waals surface area contributed by atoms with Gasteiger partial charge in [0.1, 0.15) is 0 Å². The number of halogens is 1. The molecule has 1 unspecified atom stereocenters. The standard InChI is InChI=1S/C12H18ClNO/c1-3-12(2,9-15)14-8-10-6-4-5-7-11(10)13/h4-7,14-15H,3,8-9H2,1-2H3. The average molecular weight is 228 g/mol. The van der Waals surface area contributed by atoms with E-state index < -0.39 is 0 Å². The first kappa shape index (κ1) is 12.5. The van der Waals surface area contributed by atoms with Crippen molar-refractivity contribution in [1.29, 1.82) is 0 Å². The Morgan fingerprint density at radius 3 is 2.60 bits per heavy atom. The Morgan fingerprint density at radius 2 is 2.07 bits per heavy atom. The first-order chi connectivity index (χ1) is 7.11. The van der Waals surface area contributed by atoms with Gasteiger partial charge in [-0.15, -0.1) is 0 Å². The Morgan fingerprint density at radius 1 is 1.40 bits per heavy atom. The van der Waals surface area contributed by atoms with Crippen LogP contribution in [0.15, 0.2) is 24.3 Å². The van der Waals surface area contributed by atoms with Crippen LogP contribution in [0.3, 0.4) is 0 Å². The first-order valence-electron chi connectivity index (χ1n) is 5.20. The lowest BCUT2D eigenvalue weighted by Gasteiger charge is -2.27. The van der Waals surface area contributed by atoms with Gasteiger partial charge in [-0.1, -0.05) is 36.7 Å². The van der Waals surface area contributed by atoms with Crippen molar-refractivity contribution in [1.82, 2.24) is 5.32 Å². The molecule has 0 spiro atoms. The van der Waals surface area contributed by atoms with Crippen molar-refractivity contribution in [2.45, 2.75) is 32.4 Å². The van der Waals surface area contributed by atoms with Gasteiger partial charge in [0.15, 0.2) is 0 Å². The van der Waals surface area contributed by atoms with E-state index in [0.29, 0.717) is 6.54 Å². The Labute approximate surface area is 96.3 Å². The number of aliphatic hydroxyl groups excluding tert-OH is 1. The van der Waals surface area contributed by atoms with E-state index in [0.717, 1.165) is 17.0 Å². The second-order valence-electron chi connectivity index (χ2n) is 4.02. The molecule has 0 amide bonds. The minimum absolute atomic E-state index is 0.133. The van der Waals surface area contributed by atoms with Gasteiger partial charge in [0.05, 0.1) is 6.61 Å². The van der Waals surface area contributed by atoms with Gasteiger partial charge in [-0.3, -0.25) is 0 Å². The van der Waals surface area contributed by atoms with Gasteiger partial charge >= 0.3 is 0 Å². The van der Waals surface area contributed by atoms with Crippen LogP contribution in [0.5, 0.6) is 0 Å². The third-order valence-electron chi connectivity index (χ3n) is 2.79.